The van der Waals surface area contributed by atoms with Crippen molar-refractivity contribution in [3.05, 3.63) is 59.7 Å². The second-order valence-corrected chi connectivity index (χ2v) is 6.72. The van der Waals surface area contributed by atoms with Gasteiger partial charge in [0.25, 0.3) is 0 Å². The topological polar surface area (TPSA) is 6.48 Å². The summed E-state index contributed by atoms with van der Waals surface area (Å²) in [5, 5.41) is 0. The van der Waals surface area contributed by atoms with E-state index in [9.17, 15) is 0 Å². The molecule has 0 atom stereocenters. The molecule has 1 aliphatic heterocycles. The monoisotopic (exact) mass is 308 g/mol. The Hall–Kier alpha value is -1.64. The fourth-order valence-electron chi connectivity index (χ4n) is 3.44. The Kier molecular flexibility index (Phi) is 5.47. The van der Waals surface area contributed by atoms with Crippen molar-refractivity contribution >= 4 is 0 Å². The lowest BCUT2D eigenvalue weighted by molar-refractivity contribution is 0.153. The molecule has 3 rings (SSSR count). The van der Waals surface area contributed by atoms with Crippen LogP contribution in [0.1, 0.15) is 17.5 Å². The number of aryl methyl sites for hydroxylation is 2. The van der Waals surface area contributed by atoms with Crippen LogP contribution in [0.5, 0.6) is 0 Å². The number of piperazine rings is 1. The molecule has 2 aromatic carbocycles. The minimum atomic E-state index is 1.16. The molecule has 122 valence electrons. The van der Waals surface area contributed by atoms with E-state index in [-0.39, 0.29) is 0 Å². The Balaban J connectivity index is 1.64. The summed E-state index contributed by atoms with van der Waals surface area (Å²) in [5.41, 5.74) is 5.63. The van der Waals surface area contributed by atoms with Gasteiger partial charge in [-0.3, -0.25) is 0 Å². The van der Waals surface area contributed by atoms with Gasteiger partial charge in [-0.1, -0.05) is 48.5 Å². The van der Waals surface area contributed by atoms with Crippen LogP contribution < -0.4 is 0 Å². The number of nitrogens with zero attached hydrogens (tertiary/aromatic N) is 2. The molecule has 2 nitrogen and oxygen atoms in total. The molecule has 1 heterocycles. The molecular formula is C21H28N2. The van der Waals surface area contributed by atoms with E-state index in [0.717, 1.165) is 6.42 Å². The highest BCUT2D eigenvalue weighted by atomic mass is 15.2. The van der Waals surface area contributed by atoms with E-state index in [1.807, 2.05) is 0 Å². The second-order valence-electron chi connectivity index (χ2n) is 6.72. The van der Waals surface area contributed by atoms with E-state index in [1.165, 1.54) is 61.4 Å². The molecule has 0 radical (unpaired) electrons. The quantitative estimate of drug-likeness (QED) is 0.828. The van der Waals surface area contributed by atoms with Gasteiger partial charge in [0, 0.05) is 26.2 Å². The summed E-state index contributed by atoms with van der Waals surface area (Å²) < 4.78 is 0. The molecule has 1 aliphatic rings. The van der Waals surface area contributed by atoms with E-state index in [4.69, 9.17) is 0 Å². The molecule has 0 aromatic heterocycles. The molecule has 2 aromatic rings. The van der Waals surface area contributed by atoms with Crippen LogP contribution in [0.15, 0.2) is 48.5 Å². The molecule has 2 heteroatoms. The zero-order valence-corrected chi connectivity index (χ0v) is 14.5. The Morgan fingerprint density at radius 1 is 0.826 bits per heavy atom. The largest absolute Gasteiger partial charge is 0.304 e. The highest BCUT2D eigenvalue weighted by Crippen LogP contribution is 2.27. The molecule has 0 bridgehead atoms. The maximum Gasteiger partial charge on any atom is 0.0110 e. The van der Waals surface area contributed by atoms with Crippen LogP contribution in [0.2, 0.25) is 0 Å². The van der Waals surface area contributed by atoms with Gasteiger partial charge in [-0.15, -0.1) is 0 Å². The first-order chi connectivity index (χ1) is 11.2. The summed E-state index contributed by atoms with van der Waals surface area (Å²) in [4.78, 5) is 5.03. The van der Waals surface area contributed by atoms with Gasteiger partial charge in [-0.25, -0.2) is 0 Å². The number of likely N-dealkylation sites (N-methyl/N-ethyl adjacent to an activating group) is 1. The Bertz CT molecular complexity index is 627. The zero-order chi connectivity index (χ0) is 16.1. The van der Waals surface area contributed by atoms with Crippen molar-refractivity contribution in [1.82, 2.24) is 9.80 Å². The van der Waals surface area contributed by atoms with Crippen LogP contribution >= 0.6 is 0 Å². The van der Waals surface area contributed by atoms with Crippen molar-refractivity contribution in [1.29, 1.82) is 0 Å². The van der Waals surface area contributed by atoms with Gasteiger partial charge in [0.2, 0.25) is 0 Å². The van der Waals surface area contributed by atoms with Crippen LogP contribution in [0.3, 0.4) is 0 Å². The number of benzene rings is 2. The van der Waals surface area contributed by atoms with Crippen molar-refractivity contribution in [2.45, 2.75) is 19.8 Å². The predicted molar refractivity (Wildman–Crippen MR) is 98.9 cm³/mol. The van der Waals surface area contributed by atoms with Gasteiger partial charge in [0.15, 0.2) is 0 Å². The summed E-state index contributed by atoms with van der Waals surface area (Å²) in [6, 6.07) is 17.6. The average molecular weight is 308 g/mol. The number of hydrogen-bond donors (Lipinski definition) is 0. The summed E-state index contributed by atoms with van der Waals surface area (Å²) in [6.45, 7) is 8.28. The third-order valence-electron chi connectivity index (χ3n) is 4.97. The highest BCUT2D eigenvalue weighted by Gasteiger charge is 2.13. The van der Waals surface area contributed by atoms with Crippen LogP contribution in [0, 0.1) is 6.92 Å². The second kappa shape index (κ2) is 7.76. The highest BCUT2D eigenvalue weighted by molar-refractivity contribution is 5.70. The number of rotatable bonds is 5. The first-order valence-electron chi connectivity index (χ1n) is 8.79. The van der Waals surface area contributed by atoms with Crippen LogP contribution in [0.4, 0.5) is 0 Å². The molecule has 0 aliphatic carbocycles. The van der Waals surface area contributed by atoms with Crippen molar-refractivity contribution in [2.24, 2.45) is 0 Å². The normalized spacial score (nSPS) is 16.6. The molecule has 1 fully saturated rings. The fraction of sp³-hybridized carbons (Fsp3) is 0.429. The zero-order valence-electron chi connectivity index (χ0n) is 14.5. The van der Waals surface area contributed by atoms with Crippen molar-refractivity contribution in [3.8, 4) is 11.1 Å². The minimum Gasteiger partial charge on any atom is -0.304 e. The van der Waals surface area contributed by atoms with E-state index >= 15 is 0 Å². The molecule has 0 spiro atoms. The van der Waals surface area contributed by atoms with Crippen LogP contribution in [-0.2, 0) is 6.42 Å². The van der Waals surface area contributed by atoms with E-state index in [2.05, 4.69) is 72.3 Å². The standard InChI is InChI=1S/C21H28N2/c1-18-8-3-5-11-20(18)21-12-6-4-9-19(21)10-7-13-23-16-14-22(2)15-17-23/h3-6,8-9,11-12H,7,10,13-17H2,1-2H3. The smallest absolute Gasteiger partial charge is 0.0110 e. The lowest BCUT2D eigenvalue weighted by Crippen LogP contribution is -2.44. The maximum atomic E-state index is 2.61. The first-order valence-corrected chi connectivity index (χ1v) is 8.79. The maximum absolute atomic E-state index is 2.61. The predicted octanol–water partition coefficient (Wildman–Crippen LogP) is 3.84. The fourth-order valence-corrected chi connectivity index (χ4v) is 3.44. The van der Waals surface area contributed by atoms with Gasteiger partial charge in [-0.05, 0) is 55.6 Å². The minimum absolute atomic E-state index is 1.16. The molecule has 23 heavy (non-hydrogen) atoms. The van der Waals surface area contributed by atoms with E-state index in [1.54, 1.807) is 0 Å². The van der Waals surface area contributed by atoms with Crippen molar-refractivity contribution in [3.63, 3.8) is 0 Å². The Morgan fingerprint density at radius 2 is 1.48 bits per heavy atom. The van der Waals surface area contributed by atoms with Gasteiger partial charge in [0.05, 0.1) is 0 Å². The molecule has 0 amide bonds. The Labute approximate surface area is 140 Å². The summed E-state index contributed by atoms with van der Waals surface area (Å²) in [6.07, 6.45) is 2.41. The van der Waals surface area contributed by atoms with Gasteiger partial charge >= 0.3 is 0 Å². The molecule has 1 saturated heterocycles. The SMILES string of the molecule is Cc1ccccc1-c1ccccc1CCCN1CCN(C)CC1. The van der Waals surface area contributed by atoms with Crippen molar-refractivity contribution in [2.75, 3.05) is 39.8 Å². The van der Waals surface area contributed by atoms with Gasteiger partial charge < -0.3 is 9.80 Å². The third-order valence-corrected chi connectivity index (χ3v) is 4.97. The average Bonchev–Trinajstić information content (AvgIpc) is 2.58. The summed E-state index contributed by atoms with van der Waals surface area (Å²) in [5.74, 6) is 0. The van der Waals surface area contributed by atoms with Crippen molar-refractivity contribution < 1.29 is 0 Å². The van der Waals surface area contributed by atoms with Crippen LogP contribution in [0.25, 0.3) is 11.1 Å². The molecular weight excluding hydrogens is 280 g/mol. The lowest BCUT2D eigenvalue weighted by atomic mass is 9.94. The third kappa shape index (κ3) is 4.21. The molecule has 0 unspecified atom stereocenters. The molecule has 0 N–H and O–H groups in total. The van der Waals surface area contributed by atoms with Gasteiger partial charge in [0.1, 0.15) is 0 Å². The number of hydrogen-bond acceptors (Lipinski definition) is 2. The lowest BCUT2D eigenvalue weighted by Gasteiger charge is -2.32. The summed E-state index contributed by atoms with van der Waals surface area (Å²) >= 11 is 0. The van der Waals surface area contributed by atoms with E-state index in [0.29, 0.717) is 0 Å². The molecule has 0 saturated carbocycles. The summed E-state index contributed by atoms with van der Waals surface area (Å²) in [7, 11) is 2.22. The Morgan fingerprint density at radius 3 is 2.22 bits per heavy atom. The van der Waals surface area contributed by atoms with Crippen LogP contribution in [-0.4, -0.2) is 49.6 Å². The first kappa shape index (κ1) is 16.2. The van der Waals surface area contributed by atoms with Gasteiger partial charge in [-0.2, -0.15) is 0 Å². The van der Waals surface area contributed by atoms with E-state index < -0.39 is 0 Å².